The molecule has 0 saturated carbocycles. The molecular formula is C23H24BrO2P. The van der Waals surface area contributed by atoms with E-state index in [9.17, 15) is 9.90 Å². The number of carboxylic acids is 1. The van der Waals surface area contributed by atoms with Gasteiger partial charge < -0.3 is 5.11 Å². The monoisotopic (exact) mass is 442 g/mol. The zero-order valence-electron chi connectivity index (χ0n) is 15.0. The molecule has 0 bridgehead atoms. The van der Waals surface area contributed by atoms with Crippen LogP contribution in [-0.4, -0.2) is 11.1 Å². The molecule has 2 unspecified atom stereocenters. The molecule has 3 aromatic carbocycles. The molecule has 140 valence electrons. The molecule has 2 nitrogen and oxygen atoms in total. The Morgan fingerprint density at radius 3 is 1.63 bits per heavy atom. The van der Waals surface area contributed by atoms with E-state index in [1.807, 2.05) is 54.6 Å². The van der Waals surface area contributed by atoms with Gasteiger partial charge in [0, 0.05) is 17.5 Å². The van der Waals surface area contributed by atoms with Gasteiger partial charge >= 0.3 is 5.97 Å². The summed E-state index contributed by atoms with van der Waals surface area (Å²) in [6, 6.07) is 30.9. The Balaban J connectivity index is 0.00000261. The Hall–Kier alpha value is -1.96. The van der Waals surface area contributed by atoms with E-state index in [0.29, 0.717) is 6.42 Å². The number of hydrogen-bond acceptors (Lipinski definition) is 1. The van der Waals surface area contributed by atoms with Crippen LogP contribution in [0.3, 0.4) is 0 Å². The molecule has 27 heavy (non-hydrogen) atoms. The van der Waals surface area contributed by atoms with E-state index in [0.717, 1.165) is 16.7 Å². The third-order valence-electron chi connectivity index (χ3n) is 4.90. The molecule has 4 heteroatoms. The van der Waals surface area contributed by atoms with Gasteiger partial charge in [-0.05, 0) is 23.1 Å². The zero-order valence-corrected chi connectivity index (χ0v) is 17.9. The van der Waals surface area contributed by atoms with Crippen LogP contribution in [0.25, 0.3) is 0 Å². The van der Waals surface area contributed by atoms with Crippen LogP contribution in [0.2, 0.25) is 0 Å². The van der Waals surface area contributed by atoms with Crippen LogP contribution in [0, 0.1) is 0 Å². The fourth-order valence-corrected chi connectivity index (χ4v) is 4.35. The first-order chi connectivity index (χ1) is 12.6. The molecule has 2 atom stereocenters. The van der Waals surface area contributed by atoms with Gasteiger partial charge in [0.25, 0.3) is 0 Å². The zero-order chi connectivity index (χ0) is 18.4. The van der Waals surface area contributed by atoms with Gasteiger partial charge in [-0.2, -0.15) is 0 Å². The number of halogens is 1. The number of aliphatic carboxylic acids is 1. The summed E-state index contributed by atoms with van der Waals surface area (Å²) >= 11 is 0. The number of benzene rings is 3. The smallest absolute Gasteiger partial charge is 0.303 e. The number of carbonyl (C=O) groups is 1. The summed E-state index contributed by atoms with van der Waals surface area (Å²) in [7, 11) is 3.05. The quantitative estimate of drug-likeness (QED) is 0.453. The van der Waals surface area contributed by atoms with Crippen LogP contribution in [0.4, 0.5) is 0 Å². The van der Waals surface area contributed by atoms with Crippen molar-refractivity contribution in [2.45, 2.75) is 23.9 Å². The maximum absolute atomic E-state index is 11.3. The number of carboxylic acid groups (broad SMARTS) is 1. The molecule has 0 aliphatic carbocycles. The second-order valence-electron chi connectivity index (χ2n) is 6.50. The fourth-order valence-electron chi connectivity index (χ4n) is 3.61. The van der Waals surface area contributed by atoms with Gasteiger partial charge in [0.05, 0.1) is 0 Å². The largest absolute Gasteiger partial charge is 0.481 e. The lowest BCUT2D eigenvalue weighted by molar-refractivity contribution is -0.137. The highest BCUT2D eigenvalue weighted by atomic mass is 79.9. The maximum atomic E-state index is 11.3. The van der Waals surface area contributed by atoms with Crippen LogP contribution in [0.1, 0.15) is 35.4 Å². The number of hydrogen-bond donors (Lipinski definition) is 1. The van der Waals surface area contributed by atoms with Crippen molar-refractivity contribution in [2.75, 3.05) is 0 Å². The van der Waals surface area contributed by atoms with Gasteiger partial charge in [-0.25, -0.2) is 0 Å². The minimum Gasteiger partial charge on any atom is -0.481 e. The molecule has 0 aliphatic heterocycles. The van der Waals surface area contributed by atoms with Crippen molar-refractivity contribution in [2.24, 2.45) is 0 Å². The van der Waals surface area contributed by atoms with Crippen LogP contribution < -0.4 is 0 Å². The van der Waals surface area contributed by atoms with Crippen molar-refractivity contribution in [3.8, 4) is 0 Å². The third kappa shape index (κ3) is 4.86. The Kier molecular flexibility index (Phi) is 7.77. The summed E-state index contributed by atoms with van der Waals surface area (Å²) in [4.78, 5) is 11.3. The summed E-state index contributed by atoms with van der Waals surface area (Å²) in [6.07, 6.45) is 0.696. The maximum Gasteiger partial charge on any atom is 0.303 e. The topological polar surface area (TPSA) is 37.3 Å². The van der Waals surface area contributed by atoms with Crippen LogP contribution in [-0.2, 0) is 9.95 Å². The van der Waals surface area contributed by atoms with Gasteiger partial charge in [0.1, 0.15) is 0 Å². The Bertz CT molecular complexity index is 799. The van der Waals surface area contributed by atoms with Crippen molar-refractivity contribution in [1.29, 1.82) is 0 Å². The van der Waals surface area contributed by atoms with Crippen LogP contribution in [0.5, 0.6) is 0 Å². The molecule has 0 fully saturated rings. The highest BCUT2D eigenvalue weighted by molar-refractivity contribution is 8.93. The highest BCUT2D eigenvalue weighted by Gasteiger charge is 2.38. The van der Waals surface area contributed by atoms with E-state index in [1.54, 1.807) is 0 Å². The predicted molar refractivity (Wildman–Crippen MR) is 120 cm³/mol. The van der Waals surface area contributed by atoms with Gasteiger partial charge in [-0.3, -0.25) is 4.79 Å². The molecule has 0 radical (unpaired) electrons. The second kappa shape index (κ2) is 9.82. The molecule has 3 rings (SSSR count). The number of rotatable bonds is 7. The summed E-state index contributed by atoms with van der Waals surface area (Å²) < 4.78 is 0. The van der Waals surface area contributed by atoms with Gasteiger partial charge in [0.15, 0.2) is 0 Å². The molecule has 1 N–H and O–H groups in total. The molecule has 0 aromatic heterocycles. The molecule has 0 aliphatic rings. The van der Waals surface area contributed by atoms with Gasteiger partial charge in [-0.15, -0.1) is 26.2 Å². The van der Waals surface area contributed by atoms with E-state index in [4.69, 9.17) is 0 Å². The first kappa shape index (κ1) is 21.3. The van der Waals surface area contributed by atoms with E-state index >= 15 is 0 Å². The van der Waals surface area contributed by atoms with Crippen LogP contribution in [0.15, 0.2) is 91.0 Å². The summed E-state index contributed by atoms with van der Waals surface area (Å²) in [5.74, 6) is -0.742. The lowest BCUT2D eigenvalue weighted by atomic mass is 9.74. The Morgan fingerprint density at radius 2 is 1.22 bits per heavy atom. The Labute approximate surface area is 173 Å². The first-order valence-electron chi connectivity index (χ1n) is 8.79. The van der Waals surface area contributed by atoms with E-state index < -0.39 is 11.1 Å². The standard InChI is InChI=1S/C23H23O2P.BrH/c24-22(25)17-16-21(18-10-4-1-5-11-18)23(26,19-12-6-2-7-13-19)20-14-8-3-9-15-20;/h1-15,21H,16-17,26H2,(H,24,25);1H. The molecule has 0 heterocycles. The average molecular weight is 443 g/mol. The van der Waals surface area contributed by atoms with Crippen LogP contribution >= 0.6 is 26.2 Å². The minimum atomic E-state index is -0.764. The Morgan fingerprint density at radius 1 is 0.815 bits per heavy atom. The lowest BCUT2D eigenvalue weighted by Crippen LogP contribution is -2.29. The summed E-state index contributed by atoms with van der Waals surface area (Å²) in [6.45, 7) is 0. The van der Waals surface area contributed by atoms with Crippen molar-refractivity contribution < 1.29 is 9.90 Å². The second-order valence-corrected chi connectivity index (χ2v) is 7.41. The van der Waals surface area contributed by atoms with Crippen molar-refractivity contribution in [1.82, 2.24) is 0 Å². The summed E-state index contributed by atoms with van der Waals surface area (Å²) in [5.41, 5.74) is 3.47. The molecular weight excluding hydrogens is 419 g/mol. The van der Waals surface area contributed by atoms with Crippen molar-refractivity contribution in [3.05, 3.63) is 108 Å². The lowest BCUT2D eigenvalue weighted by Gasteiger charge is -2.39. The normalized spacial score (nSPS) is 12.0. The molecule has 0 spiro atoms. The van der Waals surface area contributed by atoms with Gasteiger partial charge in [-0.1, -0.05) is 91.0 Å². The van der Waals surface area contributed by atoms with Crippen molar-refractivity contribution in [3.63, 3.8) is 0 Å². The fraction of sp³-hybridized carbons (Fsp3) is 0.174. The van der Waals surface area contributed by atoms with Crippen molar-refractivity contribution >= 4 is 32.2 Å². The van der Waals surface area contributed by atoms with E-state index in [-0.39, 0.29) is 29.3 Å². The third-order valence-corrected chi connectivity index (χ3v) is 5.97. The average Bonchev–Trinajstić information content (AvgIpc) is 2.70. The molecule has 0 saturated heterocycles. The summed E-state index contributed by atoms with van der Waals surface area (Å²) in [5, 5.41) is 8.91. The first-order valence-corrected chi connectivity index (χ1v) is 9.36. The minimum absolute atomic E-state index is 0. The molecule has 3 aromatic rings. The predicted octanol–water partition coefficient (Wildman–Crippen LogP) is 6.03. The van der Waals surface area contributed by atoms with E-state index in [2.05, 4.69) is 45.6 Å². The molecule has 0 amide bonds. The SMILES string of the molecule is Br.O=C(O)CCC(c1ccccc1)C(P)(c1ccccc1)c1ccccc1. The highest BCUT2D eigenvalue weighted by Crippen LogP contribution is 2.51. The van der Waals surface area contributed by atoms with E-state index in [1.165, 1.54) is 0 Å². The van der Waals surface area contributed by atoms with Gasteiger partial charge in [0.2, 0.25) is 0 Å².